The summed E-state index contributed by atoms with van der Waals surface area (Å²) in [6, 6.07) is 16.1. The fourth-order valence-corrected chi connectivity index (χ4v) is 3.06. The molecule has 27 heavy (non-hydrogen) atoms. The van der Waals surface area contributed by atoms with E-state index in [1.165, 1.54) is 0 Å². The molecule has 0 saturated carbocycles. The molecule has 1 heterocycles. The van der Waals surface area contributed by atoms with Gasteiger partial charge in [-0.15, -0.1) is 0 Å². The van der Waals surface area contributed by atoms with Gasteiger partial charge < -0.3 is 15.0 Å². The van der Waals surface area contributed by atoms with Crippen LogP contribution in [0.4, 0.5) is 11.4 Å². The van der Waals surface area contributed by atoms with Crippen LogP contribution in [0, 0.1) is 17.2 Å². The number of rotatable bonds is 5. The maximum absolute atomic E-state index is 12.6. The van der Waals surface area contributed by atoms with E-state index in [1.54, 1.807) is 29.2 Å². The third-order valence-electron chi connectivity index (χ3n) is 4.27. The van der Waals surface area contributed by atoms with Gasteiger partial charge in [-0.1, -0.05) is 18.2 Å². The lowest BCUT2D eigenvalue weighted by Crippen LogP contribution is -2.28. The molecule has 2 amide bonds. The number of hydrogen-bond acceptors (Lipinski definition) is 4. The first kappa shape index (κ1) is 18.5. The number of nitriles is 1. The van der Waals surface area contributed by atoms with Crippen LogP contribution in [0.25, 0.3) is 0 Å². The van der Waals surface area contributed by atoms with E-state index in [0.29, 0.717) is 29.2 Å². The van der Waals surface area contributed by atoms with Gasteiger partial charge in [0.2, 0.25) is 11.8 Å². The fourth-order valence-electron chi connectivity index (χ4n) is 3.06. The molecule has 1 unspecified atom stereocenters. The number of nitrogens with one attached hydrogen (secondary N) is 1. The molecule has 1 N–H and O–H groups in total. The summed E-state index contributed by atoms with van der Waals surface area (Å²) in [6.45, 7) is 4.14. The second-order valence-electron chi connectivity index (χ2n) is 6.72. The van der Waals surface area contributed by atoms with E-state index < -0.39 is 5.92 Å². The standard InChI is InChI=1S/C21H21N3O3/c1-14(2)27-19-9-4-3-8-18(19)24-13-16(11-20(24)25)21(26)23-17-7-5-6-15(10-17)12-22/h3-10,14,16H,11,13H2,1-2H3,(H,23,26). The minimum atomic E-state index is -0.463. The second-order valence-corrected chi connectivity index (χ2v) is 6.72. The minimum Gasteiger partial charge on any atom is -0.489 e. The number of carbonyl (C=O) groups is 2. The van der Waals surface area contributed by atoms with Crippen molar-refractivity contribution in [1.29, 1.82) is 5.26 Å². The summed E-state index contributed by atoms with van der Waals surface area (Å²) in [7, 11) is 0. The number of anilines is 2. The Hall–Kier alpha value is -3.33. The van der Waals surface area contributed by atoms with Gasteiger partial charge in [-0.3, -0.25) is 9.59 Å². The lowest BCUT2D eigenvalue weighted by Gasteiger charge is -2.21. The van der Waals surface area contributed by atoms with E-state index in [9.17, 15) is 9.59 Å². The van der Waals surface area contributed by atoms with Gasteiger partial charge in [-0.05, 0) is 44.2 Å². The van der Waals surface area contributed by atoms with Crippen LogP contribution in [-0.4, -0.2) is 24.5 Å². The Balaban J connectivity index is 1.74. The zero-order chi connectivity index (χ0) is 19.4. The van der Waals surface area contributed by atoms with Gasteiger partial charge in [-0.2, -0.15) is 5.26 Å². The number of hydrogen-bond donors (Lipinski definition) is 1. The van der Waals surface area contributed by atoms with Crippen LogP contribution in [0.2, 0.25) is 0 Å². The van der Waals surface area contributed by atoms with Gasteiger partial charge in [0.25, 0.3) is 0 Å². The van der Waals surface area contributed by atoms with Crippen molar-refractivity contribution in [2.75, 3.05) is 16.8 Å². The van der Waals surface area contributed by atoms with Crippen LogP contribution in [0.1, 0.15) is 25.8 Å². The molecule has 6 heteroatoms. The maximum Gasteiger partial charge on any atom is 0.229 e. The molecule has 0 spiro atoms. The van der Waals surface area contributed by atoms with E-state index in [-0.39, 0.29) is 24.3 Å². The molecular formula is C21H21N3O3. The molecule has 1 aliphatic rings. The number of ether oxygens (including phenoxy) is 1. The van der Waals surface area contributed by atoms with Crippen molar-refractivity contribution >= 4 is 23.2 Å². The summed E-state index contributed by atoms with van der Waals surface area (Å²) in [4.78, 5) is 26.7. The topological polar surface area (TPSA) is 82.4 Å². The summed E-state index contributed by atoms with van der Waals surface area (Å²) in [5.41, 5.74) is 1.70. The molecule has 0 aliphatic carbocycles. The number of nitrogens with zero attached hydrogens (tertiary/aromatic N) is 2. The summed E-state index contributed by atoms with van der Waals surface area (Å²) >= 11 is 0. The zero-order valence-electron chi connectivity index (χ0n) is 15.3. The zero-order valence-corrected chi connectivity index (χ0v) is 15.3. The monoisotopic (exact) mass is 363 g/mol. The average molecular weight is 363 g/mol. The first-order chi connectivity index (χ1) is 13.0. The van der Waals surface area contributed by atoms with Crippen LogP contribution >= 0.6 is 0 Å². The molecule has 138 valence electrons. The Kier molecular flexibility index (Phi) is 5.41. The van der Waals surface area contributed by atoms with Crippen LogP contribution in [-0.2, 0) is 9.59 Å². The molecule has 0 radical (unpaired) electrons. The number of amides is 2. The van der Waals surface area contributed by atoms with Crippen LogP contribution in [0.15, 0.2) is 48.5 Å². The molecule has 2 aromatic carbocycles. The average Bonchev–Trinajstić information content (AvgIpc) is 3.03. The molecule has 1 atom stereocenters. The molecule has 0 bridgehead atoms. The minimum absolute atomic E-state index is 0.0182. The summed E-state index contributed by atoms with van der Waals surface area (Å²) in [5.74, 6) is -0.178. The fraction of sp³-hybridized carbons (Fsp3) is 0.286. The lowest BCUT2D eigenvalue weighted by atomic mass is 10.1. The highest BCUT2D eigenvalue weighted by molar-refractivity contribution is 6.04. The second kappa shape index (κ2) is 7.92. The van der Waals surface area contributed by atoms with Crippen LogP contribution < -0.4 is 15.0 Å². The molecule has 3 rings (SSSR count). The molecule has 0 aromatic heterocycles. The van der Waals surface area contributed by atoms with Crippen LogP contribution in [0.3, 0.4) is 0 Å². The highest BCUT2D eigenvalue weighted by Gasteiger charge is 2.36. The maximum atomic E-state index is 12.6. The quantitative estimate of drug-likeness (QED) is 0.883. The Labute approximate surface area is 158 Å². The van der Waals surface area contributed by atoms with Crippen molar-refractivity contribution < 1.29 is 14.3 Å². The van der Waals surface area contributed by atoms with Gasteiger partial charge in [-0.25, -0.2) is 0 Å². The van der Waals surface area contributed by atoms with E-state index in [0.717, 1.165) is 0 Å². The Bertz CT molecular complexity index is 902. The van der Waals surface area contributed by atoms with Gasteiger partial charge in [0.1, 0.15) is 5.75 Å². The lowest BCUT2D eigenvalue weighted by molar-refractivity contribution is -0.122. The van der Waals surface area contributed by atoms with Gasteiger partial charge >= 0.3 is 0 Å². The molecular weight excluding hydrogens is 342 g/mol. The molecule has 1 aliphatic heterocycles. The predicted molar refractivity (Wildman–Crippen MR) is 102 cm³/mol. The van der Waals surface area contributed by atoms with E-state index >= 15 is 0 Å². The smallest absolute Gasteiger partial charge is 0.229 e. The van der Waals surface area contributed by atoms with E-state index in [2.05, 4.69) is 5.32 Å². The Morgan fingerprint density at radius 3 is 2.78 bits per heavy atom. The van der Waals surface area contributed by atoms with Gasteiger partial charge in [0.15, 0.2) is 0 Å². The van der Waals surface area contributed by atoms with Crippen molar-refractivity contribution in [3.8, 4) is 11.8 Å². The first-order valence-corrected chi connectivity index (χ1v) is 8.85. The summed E-state index contributed by atoms with van der Waals surface area (Å²) in [6.07, 6.45) is 0.120. The predicted octanol–water partition coefficient (Wildman–Crippen LogP) is 3.34. The van der Waals surface area contributed by atoms with Gasteiger partial charge in [0, 0.05) is 18.7 Å². The van der Waals surface area contributed by atoms with Crippen molar-refractivity contribution in [3.05, 3.63) is 54.1 Å². The highest BCUT2D eigenvalue weighted by Crippen LogP contribution is 2.34. The Morgan fingerprint density at radius 1 is 1.26 bits per heavy atom. The van der Waals surface area contributed by atoms with Crippen molar-refractivity contribution in [1.82, 2.24) is 0 Å². The largest absolute Gasteiger partial charge is 0.489 e. The van der Waals surface area contributed by atoms with Crippen molar-refractivity contribution in [2.24, 2.45) is 5.92 Å². The molecule has 6 nitrogen and oxygen atoms in total. The third-order valence-corrected chi connectivity index (χ3v) is 4.27. The van der Waals surface area contributed by atoms with Crippen LogP contribution in [0.5, 0.6) is 5.75 Å². The molecule has 1 saturated heterocycles. The number of carbonyl (C=O) groups excluding carboxylic acids is 2. The first-order valence-electron chi connectivity index (χ1n) is 8.85. The van der Waals surface area contributed by atoms with Crippen molar-refractivity contribution in [2.45, 2.75) is 26.4 Å². The summed E-state index contributed by atoms with van der Waals surface area (Å²) < 4.78 is 5.80. The van der Waals surface area contributed by atoms with E-state index in [1.807, 2.05) is 44.2 Å². The summed E-state index contributed by atoms with van der Waals surface area (Å²) in [5, 5.41) is 11.8. The normalized spacial score (nSPS) is 16.3. The number of benzene rings is 2. The Morgan fingerprint density at radius 2 is 2.04 bits per heavy atom. The number of para-hydroxylation sites is 2. The molecule has 2 aromatic rings. The van der Waals surface area contributed by atoms with Crippen molar-refractivity contribution in [3.63, 3.8) is 0 Å². The molecule has 1 fully saturated rings. The van der Waals surface area contributed by atoms with E-state index in [4.69, 9.17) is 10.00 Å². The third kappa shape index (κ3) is 4.26. The van der Waals surface area contributed by atoms with Gasteiger partial charge in [0.05, 0.1) is 29.3 Å². The highest BCUT2D eigenvalue weighted by atomic mass is 16.5. The SMILES string of the molecule is CC(C)Oc1ccccc1N1CC(C(=O)Nc2cccc(C#N)c2)CC1=O.